The minimum atomic E-state index is -3.84. The molecule has 1 aromatic heterocycles. The van der Waals surface area contributed by atoms with Crippen LogP contribution in [0.5, 0.6) is 0 Å². The Bertz CT molecular complexity index is 580. The van der Waals surface area contributed by atoms with E-state index in [9.17, 15) is 18.3 Å². The normalized spacial score (nSPS) is 23.5. The van der Waals surface area contributed by atoms with Crippen LogP contribution in [0, 0.1) is 0 Å². The summed E-state index contributed by atoms with van der Waals surface area (Å²) < 4.78 is 31.7. The van der Waals surface area contributed by atoms with Gasteiger partial charge in [-0.1, -0.05) is 12.8 Å². The Morgan fingerprint density at radius 1 is 1.45 bits per heavy atom. The van der Waals surface area contributed by atoms with E-state index < -0.39 is 28.1 Å². The van der Waals surface area contributed by atoms with Gasteiger partial charge in [0.05, 0.1) is 13.2 Å². The molecule has 0 bridgehead atoms. The second kappa shape index (κ2) is 6.21. The average Bonchev–Trinajstić information content (AvgIpc) is 2.90. The van der Waals surface area contributed by atoms with E-state index in [1.54, 1.807) is 0 Å². The number of carbonyl (C=O) groups is 1. The Hall–Kier alpha value is -0.960. The van der Waals surface area contributed by atoms with Crippen LogP contribution in [0.3, 0.4) is 0 Å². The lowest BCUT2D eigenvalue weighted by Gasteiger charge is -2.28. The molecule has 0 amide bonds. The maximum atomic E-state index is 12.3. The van der Waals surface area contributed by atoms with Crippen molar-refractivity contribution in [2.24, 2.45) is 0 Å². The highest BCUT2D eigenvalue weighted by Gasteiger charge is 2.31. The minimum Gasteiger partial charge on any atom is -0.465 e. The van der Waals surface area contributed by atoms with Gasteiger partial charge in [0.1, 0.15) is 9.77 Å². The molecule has 1 aromatic rings. The summed E-state index contributed by atoms with van der Waals surface area (Å²) in [5, 5.41) is 11.4. The van der Waals surface area contributed by atoms with Gasteiger partial charge in [0.2, 0.25) is 10.0 Å². The molecule has 6 nitrogen and oxygen atoms in total. The fourth-order valence-corrected chi connectivity index (χ4v) is 4.90. The second-order valence-electron chi connectivity index (χ2n) is 4.69. The molecule has 0 spiro atoms. The molecule has 2 rings (SSSR count). The lowest BCUT2D eigenvalue weighted by Crippen LogP contribution is -2.45. The number of methoxy groups -OCH3 is 1. The summed E-state index contributed by atoms with van der Waals surface area (Å²) in [5.74, 6) is -0.676. The van der Waals surface area contributed by atoms with Crippen molar-refractivity contribution in [1.29, 1.82) is 0 Å². The van der Waals surface area contributed by atoms with Gasteiger partial charge in [-0.15, -0.1) is 11.3 Å². The molecule has 0 saturated heterocycles. The lowest BCUT2D eigenvalue weighted by atomic mass is 9.93. The fraction of sp³-hybridized carbons (Fsp3) is 0.583. The van der Waals surface area contributed by atoms with Crippen molar-refractivity contribution in [2.75, 3.05) is 7.11 Å². The SMILES string of the molecule is COC(=O)c1sccc1S(=O)(=O)N[C@H]1CCCC[C@@H]1O. The zero-order valence-corrected chi connectivity index (χ0v) is 12.7. The first kappa shape index (κ1) is 15.4. The van der Waals surface area contributed by atoms with Crippen LogP contribution >= 0.6 is 11.3 Å². The second-order valence-corrected chi connectivity index (χ2v) is 7.28. The third kappa shape index (κ3) is 3.20. The van der Waals surface area contributed by atoms with E-state index in [0.29, 0.717) is 12.8 Å². The first-order valence-electron chi connectivity index (χ1n) is 6.32. The summed E-state index contributed by atoms with van der Waals surface area (Å²) in [4.78, 5) is 11.5. The molecular weight excluding hydrogens is 302 g/mol. The number of aliphatic hydroxyl groups is 1. The topological polar surface area (TPSA) is 92.7 Å². The Balaban J connectivity index is 2.22. The average molecular weight is 319 g/mol. The number of aliphatic hydroxyl groups excluding tert-OH is 1. The molecule has 112 valence electrons. The van der Waals surface area contributed by atoms with Crippen LogP contribution in [0.15, 0.2) is 16.3 Å². The molecule has 1 saturated carbocycles. The van der Waals surface area contributed by atoms with E-state index in [-0.39, 0.29) is 9.77 Å². The third-order valence-electron chi connectivity index (χ3n) is 3.33. The van der Waals surface area contributed by atoms with Gasteiger partial charge in [-0.3, -0.25) is 0 Å². The number of rotatable bonds is 4. The molecule has 1 fully saturated rings. The van der Waals surface area contributed by atoms with Gasteiger partial charge in [0.25, 0.3) is 0 Å². The van der Waals surface area contributed by atoms with Crippen molar-refractivity contribution in [3.63, 3.8) is 0 Å². The van der Waals surface area contributed by atoms with E-state index in [4.69, 9.17) is 0 Å². The Labute approximate surface area is 121 Å². The Kier molecular flexibility index (Phi) is 4.79. The number of hydrogen-bond acceptors (Lipinski definition) is 6. The predicted octanol–water partition coefficient (Wildman–Crippen LogP) is 1.12. The monoisotopic (exact) mass is 319 g/mol. The Morgan fingerprint density at radius 3 is 2.80 bits per heavy atom. The van der Waals surface area contributed by atoms with Crippen molar-refractivity contribution in [3.8, 4) is 0 Å². The predicted molar refractivity (Wildman–Crippen MR) is 74.2 cm³/mol. The van der Waals surface area contributed by atoms with Crippen molar-refractivity contribution < 1.29 is 23.1 Å². The molecule has 0 unspecified atom stereocenters. The smallest absolute Gasteiger partial charge is 0.349 e. The largest absolute Gasteiger partial charge is 0.465 e. The molecule has 0 aliphatic heterocycles. The zero-order valence-electron chi connectivity index (χ0n) is 11.0. The molecule has 20 heavy (non-hydrogen) atoms. The summed E-state index contributed by atoms with van der Waals surface area (Å²) in [5.41, 5.74) is 0. The highest BCUT2D eigenvalue weighted by Crippen LogP contribution is 2.25. The molecule has 0 radical (unpaired) electrons. The maximum Gasteiger partial charge on any atom is 0.349 e. The molecule has 2 atom stereocenters. The summed E-state index contributed by atoms with van der Waals surface area (Å²) >= 11 is 1.02. The van der Waals surface area contributed by atoms with Gasteiger partial charge in [0, 0.05) is 6.04 Å². The van der Waals surface area contributed by atoms with Crippen LogP contribution in [0.4, 0.5) is 0 Å². The third-order valence-corrected chi connectivity index (χ3v) is 5.88. The molecule has 1 aliphatic rings. The lowest BCUT2D eigenvalue weighted by molar-refractivity contribution is 0.0602. The number of esters is 1. The van der Waals surface area contributed by atoms with E-state index in [1.165, 1.54) is 18.6 Å². The van der Waals surface area contributed by atoms with Gasteiger partial charge in [-0.25, -0.2) is 17.9 Å². The first-order valence-corrected chi connectivity index (χ1v) is 8.68. The molecule has 2 N–H and O–H groups in total. The molecule has 1 aliphatic carbocycles. The van der Waals surface area contributed by atoms with Gasteiger partial charge < -0.3 is 9.84 Å². The molecule has 8 heteroatoms. The molecular formula is C12H17NO5S2. The summed E-state index contributed by atoms with van der Waals surface area (Å²) in [7, 11) is -2.63. The van der Waals surface area contributed by atoms with Crippen LogP contribution in [0.25, 0.3) is 0 Å². The highest BCUT2D eigenvalue weighted by molar-refractivity contribution is 7.89. The van der Waals surface area contributed by atoms with E-state index in [2.05, 4.69) is 9.46 Å². The number of sulfonamides is 1. The summed E-state index contributed by atoms with van der Waals surface area (Å²) in [6, 6.07) is 0.869. The van der Waals surface area contributed by atoms with Crippen molar-refractivity contribution in [1.82, 2.24) is 4.72 Å². The van der Waals surface area contributed by atoms with E-state index >= 15 is 0 Å². The molecule has 0 aromatic carbocycles. The van der Waals surface area contributed by atoms with Gasteiger partial charge >= 0.3 is 5.97 Å². The van der Waals surface area contributed by atoms with Crippen molar-refractivity contribution in [2.45, 2.75) is 42.7 Å². The number of carbonyl (C=O) groups excluding carboxylic acids is 1. The number of thiophene rings is 1. The first-order chi connectivity index (χ1) is 9.45. The summed E-state index contributed by atoms with van der Waals surface area (Å²) in [6.07, 6.45) is 2.26. The van der Waals surface area contributed by atoms with Crippen LogP contribution in [-0.2, 0) is 14.8 Å². The van der Waals surface area contributed by atoms with E-state index in [1.807, 2.05) is 0 Å². The number of hydrogen-bond donors (Lipinski definition) is 2. The fourth-order valence-electron chi connectivity index (χ4n) is 2.26. The number of nitrogens with one attached hydrogen (secondary N) is 1. The zero-order chi connectivity index (χ0) is 14.8. The van der Waals surface area contributed by atoms with Crippen molar-refractivity contribution in [3.05, 3.63) is 16.3 Å². The number of ether oxygens (including phenoxy) is 1. The van der Waals surface area contributed by atoms with Crippen LogP contribution in [-0.4, -0.2) is 38.7 Å². The van der Waals surface area contributed by atoms with E-state index in [0.717, 1.165) is 24.2 Å². The van der Waals surface area contributed by atoms with Crippen LogP contribution in [0.1, 0.15) is 35.4 Å². The maximum absolute atomic E-state index is 12.3. The van der Waals surface area contributed by atoms with Crippen molar-refractivity contribution >= 4 is 27.3 Å². The van der Waals surface area contributed by atoms with Gasteiger partial charge in [-0.05, 0) is 24.3 Å². The van der Waals surface area contributed by atoms with Crippen LogP contribution < -0.4 is 4.72 Å². The van der Waals surface area contributed by atoms with Crippen LogP contribution in [0.2, 0.25) is 0 Å². The quantitative estimate of drug-likeness (QED) is 0.811. The standard InChI is InChI=1S/C12H17NO5S2/c1-18-12(15)11-10(6-7-19-11)20(16,17)13-8-4-2-3-5-9(8)14/h6-9,13-14H,2-5H2,1H3/t8-,9-/m0/s1. The summed E-state index contributed by atoms with van der Waals surface area (Å²) in [6.45, 7) is 0. The van der Waals surface area contributed by atoms with Gasteiger partial charge in [-0.2, -0.15) is 0 Å². The molecule has 1 heterocycles. The highest BCUT2D eigenvalue weighted by atomic mass is 32.2. The minimum absolute atomic E-state index is 0.0466. The van der Waals surface area contributed by atoms with Gasteiger partial charge in [0.15, 0.2) is 0 Å². The Morgan fingerprint density at radius 2 is 2.15 bits per heavy atom.